The molecule has 15 heavy (non-hydrogen) atoms. The Hall–Kier alpha value is -1.62. The Morgan fingerprint density at radius 3 is 3.13 bits per heavy atom. The van der Waals surface area contributed by atoms with Crippen LogP contribution in [0, 0.1) is 10.1 Å². The van der Waals surface area contributed by atoms with Crippen LogP contribution in [0.3, 0.4) is 0 Å². The van der Waals surface area contributed by atoms with E-state index in [2.05, 4.69) is 0 Å². The van der Waals surface area contributed by atoms with Crippen molar-refractivity contribution in [3.63, 3.8) is 0 Å². The molecule has 78 valence electrons. The fourth-order valence-corrected chi connectivity index (χ4v) is 1.92. The van der Waals surface area contributed by atoms with Crippen molar-refractivity contribution < 1.29 is 14.4 Å². The van der Waals surface area contributed by atoms with Crippen molar-refractivity contribution in [3.05, 3.63) is 33.9 Å². The number of nitro benzene ring substituents is 1. The van der Waals surface area contributed by atoms with Gasteiger partial charge in [0.15, 0.2) is 0 Å². The number of benzene rings is 1. The maximum Gasteiger partial charge on any atom is 0.270 e. The molecule has 0 aromatic heterocycles. The smallest absolute Gasteiger partial charge is 0.270 e. The summed E-state index contributed by atoms with van der Waals surface area (Å²) >= 11 is 0. The van der Waals surface area contributed by atoms with Gasteiger partial charge in [0.1, 0.15) is 11.9 Å². The van der Waals surface area contributed by atoms with E-state index < -0.39 is 4.92 Å². The SMILES string of the molecule is O=[N+]([O-])c1ccc2c(c1)C1OC1CCO2. The van der Waals surface area contributed by atoms with E-state index in [-0.39, 0.29) is 17.9 Å². The first-order valence-corrected chi connectivity index (χ1v) is 4.82. The monoisotopic (exact) mass is 207 g/mol. The minimum absolute atomic E-state index is 0.00222. The molecule has 1 saturated heterocycles. The molecule has 1 aromatic carbocycles. The average molecular weight is 207 g/mol. The molecule has 2 atom stereocenters. The molecule has 5 nitrogen and oxygen atoms in total. The molecule has 2 aliphatic rings. The summed E-state index contributed by atoms with van der Waals surface area (Å²) in [5.74, 6) is 0.714. The van der Waals surface area contributed by atoms with E-state index in [1.54, 1.807) is 12.1 Å². The summed E-state index contributed by atoms with van der Waals surface area (Å²) in [7, 11) is 0. The Balaban J connectivity index is 2.05. The lowest BCUT2D eigenvalue weighted by Gasteiger charge is -2.06. The first-order chi connectivity index (χ1) is 7.25. The second-order valence-corrected chi connectivity index (χ2v) is 3.71. The number of ether oxygens (including phenoxy) is 2. The van der Waals surface area contributed by atoms with E-state index in [4.69, 9.17) is 9.47 Å². The van der Waals surface area contributed by atoms with E-state index in [0.29, 0.717) is 12.4 Å². The van der Waals surface area contributed by atoms with Gasteiger partial charge in [0.2, 0.25) is 0 Å². The number of non-ortho nitro benzene ring substituents is 1. The molecule has 0 amide bonds. The zero-order valence-corrected chi connectivity index (χ0v) is 7.88. The van der Waals surface area contributed by atoms with Crippen LogP contribution in [-0.4, -0.2) is 17.6 Å². The first-order valence-electron chi connectivity index (χ1n) is 4.82. The minimum atomic E-state index is -0.400. The summed E-state index contributed by atoms with van der Waals surface area (Å²) in [6.45, 7) is 0.617. The molecule has 0 radical (unpaired) electrons. The minimum Gasteiger partial charge on any atom is -0.493 e. The van der Waals surface area contributed by atoms with E-state index >= 15 is 0 Å². The number of nitro groups is 1. The molecule has 0 saturated carbocycles. The average Bonchev–Trinajstić information content (AvgIpc) is 2.96. The zero-order chi connectivity index (χ0) is 10.4. The summed E-state index contributed by atoms with van der Waals surface area (Å²) in [6.07, 6.45) is 1.04. The van der Waals surface area contributed by atoms with Crippen molar-refractivity contribution in [1.29, 1.82) is 0 Å². The molecule has 2 unspecified atom stereocenters. The third-order valence-corrected chi connectivity index (χ3v) is 2.75. The highest BCUT2D eigenvalue weighted by Crippen LogP contribution is 2.47. The largest absolute Gasteiger partial charge is 0.493 e. The van der Waals surface area contributed by atoms with Crippen molar-refractivity contribution in [2.24, 2.45) is 0 Å². The van der Waals surface area contributed by atoms with Crippen LogP contribution in [0.4, 0.5) is 5.69 Å². The highest BCUT2D eigenvalue weighted by Gasteiger charge is 2.44. The summed E-state index contributed by atoms with van der Waals surface area (Å²) in [4.78, 5) is 10.2. The van der Waals surface area contributed by atoms with E-state index in [9.17, 15) is 10.1 Å². The van der Waals surface area contributed by atoms with Gasteiger partial charge in [-0.3, -0.25) is 10.1 Å². The number of fused-ring (bicyclic) bond motifs is 3. The van der Waals surface area contributed by atoms with Gasteiger partial charge in [0.25, 0.3) is 5.69 Å². The van der Waals surface area contributed by atoms with Crippen LogP contribution in [-0.2, 0) is 4.74 Å². The van der Waals surface area contributed by atoms with Gasteiger partial charge in [-0.05, 0) is 6.07 Å². The molecule has 5 heteroatoms. The standard InChI is InChI=1S/C10H9NO4/c12-11(13)6-1-2-8-7(5-6)10-9(15-10)3-4-14-8/h1-2,5,9-10H,3-4H2. The van der Waals surface area contributed by atoms with Gasteiger partial charge >= 0.3 is 0 Å². The van der Waals surface area contributed by atoms with Crippen LogP contribution in [0.25, 0.3) is 0 Å². The molecule has 2 aliphatic heterocycles. The molecule has 0 bridgehead atoms. The normalized spacial score (nSPS) is 26.9. The fraction of sp³-hybridized carbons (Fsp3) is 0.400. The van der Waals surface area contributed by atoms with Crippen molar-refractivity contribution >= 4 is 5.69 Å². The lowest BCUT2D eigenvalue weighted by Crippen LogP contribution is -1.99. The Kier molecular flexibility index (Phi) is 1.70. The number of hydrogen-bond acceptors (Lipinski definition) is 4. The van der Waals surface area contributed by atoms with Crippen molar-refractivity contribution in [2.45, 2.75) is 18.6 Å². The summed E-state index contributed by atoms with van der Waals surface area (Å²) in [6, 6.07) is 4.66. The fourth-order valence-electron chi connectivity index (χ4n) is 1.92. The van der Waals surface area contributed by atoms with Gasteiger partial charge in [-0.2, -0.15) is 0 Å². The molecule has 0 aliphatic carbocycles. The Morgan fingerprint density at radius 2 is 2.33 bits per heavy atom. The molecular formula is C10H9NO4. The third-order valence-electron chi connectivity index (χ3n) is 2.75. The first kappa shape index (κ1) is 8.67. The van der Waals surface area contributed by atoms with Crippen LogP contribution in [0.2, 0.25) is 0 Å². The van der Waals surface area contributed by atoms with Gasteiger partial charge in [-0.15, -0.1) is 0 Å². The second-order valence-electron chi connectivity index (χ2n) is 3.71. The van der Waals surface area contributed by atoms with Crippen LogP contribution < -0.4 is 4.74 Å². The van der Waals surface area contributed by atoms with Crippen LogP contribution >= 0.6 is 0 Å². The van der Waals surface area contributed by atoms with Gasteiger partial charge in [-0.25, -0.2) is 0 Å². The lowest BCUT2D eigenvalue weighted by molar-refractivity contribution is -0.385. The number of nitrogens with zero attached hydrogens (tertiary/aromatic N) is 1. The van der Waals surface area contributed by atoms with Gasteiger partial charge in [0.05, 0.1) is 17.6 Å². The molecule has 0 N–H and O–H groups in total. The number of hydrogen-bond donors (Lipinski definition) is 0. The lowest BCUT2D eigenvalue weighted by atomic mass is 10.1. The molecule has 3 rings (SSSR count). The second kappa shape index (κ2) is 2.93. The maximum absolute atomic E-state index is 10.6. The molecule has 0 spiro atoms. The van der Waals surface area contributed by atoms with E-state index in [0.717, 1.165) is 12.0 Å². The predicted octanol–water partition coefficient (Wildman–Crippen LogP) is 1.82. The highest BCUT2D eigenvalue weighted by atomic mass is 16.6. The van der Waals surface area contributed by atoms with Crippen LogP contribution in [0.1, 0.15) is 18.1 Å². The topological polar surface area (TPSA) is 64.9 Å². The summed E-state index contributed by atoms with van der Waals surface area (Å²) in [5, 5.41) is 10.6. The quantitative estimate of drug-likeness (QED) is 0.400. The number of epoxide rings is 1. The highest BCUT2D eigenvalue weighted by molar-refractivity contribution is 5.47. The molecule has 2 heterocycles. The predicted molar refractivity (Wildman–Crippen MR) is 50.8 cm³/mol. The molecule has 1 aromatic rings. The zero-order valence-electron chi connectivity index (χ0n) is 7.88. The van der Waals surface area contributed by atoms with Crippen molar-refractivity contribution in [2.75, 3.05) is 6.61 Å². The van der Waals surface area contributed by atoms with Crippen molar-refractivity contribution in [1.82, 2.24) is 0 Å². The Bertz CT molecular complexity index is 431. The summed E-state index contributed by atoms with van der Waals surface area (Å²) < 4.78 is 10.9. The van der Waals surface area contributed by atoms with Gasteiger partial charge in [-0.1, -0.05) is 0 Å². The van der Waals surface area contributed by atoms with E-state index in [1.165, 1.54) is 6.07 Å². The Morgan fingerprint density at radius 1 is 1.47 bits per heavy atom. The van der Waals surface area contributed by atoms with Crippen LogP contribution in [0.15, 0.2) is 18.2 Å². The number of rotatable bonds is 1. The summed E-state index contributed by atoms with van der Waals surface area (Å²) in [5.41, 5.74) is 0.903. The molecular weight excluding hydrogens is 198 g/mol. The van der Waals surface area contributed by atoms with Crippen molar-refractivity contribution in [3.8, 4) is 5.75 Å². The van der Waals surface area contributed by atoms with Crippen LogP contribution in [0.5, 0.6) is 5.75 Å². The van der Waals surface area contributed by atoms with E-state index in [1.807, 2.05) is 0 Å². The maximum atomic E-state index is 10.6. The Labute approximate surface area is 85.8 Å². The van der Waals surface area contributed by atoms with Gasteiger partial charge in [0, 0.05) is 24.1 Å². The van der Waals surface area contributed by atoms with Gasteiger partial charge < -0.3 is 9.47 Å². The third kappa shape index (κ3) is 1.35. The molecule has 1 fully saturated rings.